The molecule has 0 atom stereocenters. The zero-order valence-electron chi connectivity index (χ0n) is 15.0. The minimum atomic E-state index is -0.224. The molecule has 0 bridgehead atoms. The molecule has 0 saturated heterocycles. The first-order valence-electron chi connectivity index (χ1n) is 8.36. The summed E-state index contributed by atoms with van der Waals surface area (Å²) >= 11 is 0. The summed E-state index contributed by atoms with van der Waals surface area (Å²) in [4.78, 5) is 12.6. The van der Waals surface area contributed by atoms with E-state index in [2.05, 4.69) is 25.7 Å². The Morgan fingerprint density at radius 3 is 2.60 bits per heavy atom. The van der Waals surface area contributed by atoms with Crippen molar-refractivity contribution in [2.75, 3.05) is 18.5 Å². The molecule has 1 amide bonds. The molecular weight excluding hydrogens is 314 g/mol. The molecule has 0 aliphatic rings. The minimum absolute atomic E-state index is 0.224. The van der Waals surface area contributed by atoms with E-state index < -0.39 is 0 Å². The van der Waals surface area contributed by atoms with Gasteiger partial charge >= 0.3 is 0 Å². The lowest BCUT2D eigenvalue weighted by molar-refractivity contribution is 0.102. The predicted molar refractivity (Wildman–Crippen MR) is 101 cm³/mol. The predicted octanol–water partition coefficient (Wildman–Crippen LogP) is 4.93. The van der Waals surface area contributed by atoms with E-state index >= 15 is 0 Å². The zero-order valence-corrected chi connectivity index (χ0v) is 15.0. The van der Waals surface area contributed by atoms with E-state index in [1.807, 2.05) is 43.3 Å². The molecule has 4 heteroatoms. The van der Waals surface area contributed by atoms with E-state index in [9.17, 15) is 4.79 Å². The molecule has 2 aromatic carbocycles. The Labute approximate surface area is 149 Å². The van der Waals surface area contributed by atoms with Gasteiger partial charge < -0.3 is 14.8 Å². The average Bonchev–Trinajstić information content (AvgIpc) is 2.58. The molecule has 25 heavy (non-hydrogen) atoms. The van der Waals surface area contributed by atoms with Crippen LogP contribution in [0, 0.1) is 5.92 Å². The number of anilines is 1. The van der Waals surface area contributed by atoms with E-state index in [1.165, 1.54) is 0 Å². The first kappa shape index (κ1) is 18.6. The number of ether oxygens (including phenoxy) is 2. The fourth-order valence-corrected chi connectivity index (χ4v) is 2.11. The van der Waals surface area contributed by atoms with Gasteiger partial charge in [0.25, 0.3) is 5.91 Å². The molecule has 0 unspecified atom stereocenters. The third kappa shape index (κ3) is 5.99. The summed E-state index contributed by atoms with van der Waals surface area (Å²) in [6.07, 6.45) is 0. The molecule has 0 aliphatic heterocycles. The van der Waals surface area contributed by atoms with Gasteiger partial charge in [-0.25, -0.2) is 0 Å². The van der Waals surface area contributed by atoms with Crippen molar-refractivity contribution in [2.24, 2.45) is 5.92 Å². The number of hydrogen-bond donors (Lipinski definition) is 1. The number of nitrogens with one attached hydrogen (secondary N) is 1. The highest BCUT2D eigenvalue weighted by Crippen LogP contribution is 2.22. The minimum Gasteiger partial charge on any atom is -0.493 e. The second-order valence-corrected chi connectivity index (χ2v) is 6.43. The first-order valence-corrected chi connectivity index (χ1v) is 8.36. The lowest BCUT2D eigenvalue weighted by Gasteiger charge is -2.13. The Morgan fingerprint density at radius 1 is 1.12 bits per heavy atom. The van der Waals surface area contributed by atoms with Crippen LogP contribution in [0.4, 0.5) is 5.69 Å². The van der Waals surface area contributed by atoms with Crippen LogP contribution in [0.2, 0.25) is 0 Å². The standard InChI is InChI=1S/C21H25NO3/c1-15(2)13-24-18-9-7-8-17(12-18)22-21(23)19-10-5-6-11-20(19)25-14-16(3)4/h5-12,15H,3,13-14H2,1-2,4H3,(H,22,23). The second-order valence-electron chi connectivity index (χ2n) is 6.43. The van der Waals surface area contributed by atoms with E-state index in [4.69, 9.17) is 9.47 Å². The van der Waals surface area contributed by atoms with Gasteiger partial charge in [-0.2, -0.15) is 0 Å². The molecule has 0 saturated carbocycles. The average molecular weight is 339 g/mol. The number of carbonyl (C=O) groups is 1. The van der Waals surface area contributed by atoms with E-state index in [1.54, 1.807) is 12.1 Å². The van der Waals surface area contributed by atoms with Crippen molar-refractivity contribution >= 4 is 11.6 Å². The van der Waals surface area contributed by atoms with Crippen LogP contribution in [0.25, 0.3) is 0 Å². The monoisotopic (exact) mass is 339 g/mol. The second kappa shape index (κ2) is 8.92. The van der Waals surface area contributed by atoms with Crippen molar-refractivity contribution in [1.29, 1.82) is 0 Å². The van der Waals surface area contributed by atoms with Crippen LogP contribution in [0.3, 0.4) is 0 Å². The number of benzene rings is 2. The lowest BCUT2D eigenvalue weighted by atomic mass is 10.1. The summed E-state index contributed by atoms with van der Waals surface area (Å²) in [5.74, 6) is 1.49. The number of amides is 1. The van der Waals surface area contributed by atoms with Crippen molar-refractivity contribution < 1.29 is 14.3 Å². The Morgan fingerprint density at radius 2 is 1.88 bits per heavy atom. The summed E-state index contributed by atoms with van der Waals surface area (Å²) in [7, 11) is 0. The summed E-state index contributed by atoms with van der Waals surface area (Å²) < 4.78 is 11.4. The van der Waals surface area contributed by atoms with E-state index in [-0.39, 0.29) is 5.91 Å². The van der Waals surface area contributed by atoms with Gasteiger partial charge in [0, 0.05) is 11.8 Å². The molecule has 0 aromatic heterocycles. The number of para-hydroxylation sites is 1. The topological polar surface area (TPSA) is 47.6 Å². The van der Waals surface area contributed by atoms with E-state index in [0.29, 0.717) is 36.1 Å². The fraction of sp³-hybridized carbons (Fsp3) is 0.286. The maximum absolute atomic E-state index is 12.6. The molecular formula is C21H25NO3. The normalized spacial score (nSPS) is 10.4. The highest BCUT2D eigenvalue weighted by atomic mass is 16.5. The smallest absolute Gasteiger partial charge is 0.259 e. The van der Waals surface area contributed by atoms with Crippen molar-refractivity contribution in [3.63, 3.8) is 0 Å². The molecule has 0 aliphatic carbocycles. The maximum atomic E-state index is 12.6. The third-order valence-corrected chi connectivity index (χ3v) is 3.28. The van der Waals surface area contributed by atoms with Gasteiger partial charge in [-0.05, 0) is 42.7 Å². The van der Waals surface area contributed by atoms with Gasteiger partial charge in [0.15, 0.2) is 0 Å². The molecule has 2 rings (SSSR count). The van der Waals surface area contributed by atoms with Crippen LogP contribution in [-0.2, 0) is 0 Å². The quantitative estimate of drug-likeness (QED) is 0.694. The molecule has 0 heterocycles. The van der Waals surface area contributed by atoms with Crippen LogP contribution in [0.15, 0.2) is 60.7 Å². The number of hydrogen-bond acceptors (Lipinski definition) is 3. The fourth-order valence-electron chi connectivity index (χ4n) is 2.11. The van der Waals surface area contributed by atoms with Crippen LogP contribution in [0.1, 0.15) is 31.1 Å². The summed E-state index contributed by atoms with van der Waals surface area (Å²) in [6.45, 7) is 10.9. The molecule has 4 nitrogen and oxygen atoms in total. The Kier molecular flexibility index (Phi) is 6.63. The Balaban J connectivity index is 2.09. The van der Waals surface area contributed by atoms with Gasteiger partial charge in [0.1, 0.15) is 18.1 Å². The highest BCUT2D eigenvalue weighted by Gasteiger charge is 2.13. The zero-order chi connectivity index (χ0) is 18.2. The van der Waals surface area contributed by atoms with Gasteiger partial charge in [0.05, 0.1) is 12.2 Å². The molecule has 0 radical (unpaired) electrons. The van der Waals surface area contributed by atoms with Gasteiger partial charge in [0.2, 0.25) is 0 Å². The molecule has 132 valence electrons. The van der Waals surface area contributed by atoms with Crippen LogP contribution >= 0.6 is 0 Å². The SMILES string of the molecule is C=C(C)COc1ccccc1C(=O)Nc1cccc(OCC(C)C)c1. The Bertz CT molecular complexity index is 737. The maximum Gasteiger partial charge on any atom is 0.259 e. The van der Waals surface area contributed by atoms with Crippen LogP contribution in [0.5, 0.6) is 11.5 Å². The van der Waals surface area contributed by atoms with Crippen molar-refractivity contribution in [2.45, 2.75) is 20.8 Å². The van der Waals surface area contributed by atoms with Gasteiger partial charge in [-0.3, -0.25) is 4.79 Å². The highest BCUT2D eigenvalue weighted by molar-refractivity contribution is 6.06. The van der Waals surface area contributed by atoms with Gasteiger partial charge in [-0.15, -0.1) is 0 Å². The van der Waals surface area contributed by atoms with Gasteiger partial charge in [-0.1, -0.05) is 38.6 Å². The number of carbonyl (C=O) groups excluding carboxylic acids is 1. The molecule has 2 aromatic rings. The number of rotatable bonds is 8. The third-order valence-electron chi connectivity index (χ3n) is 3.28. The lowest BCUT2D eigenvalue weighted by Crippen LogP contribution is -2.14. The summed E-state index contributed by atoms with van der Waals surface area (Å²) in [5, 5.41) is 2.89. The van der Waals surface area contributed by atoms with Crippen molar-refractivity contribution in [3.8, 4) is 11.5 Å². The van der Waals surface area contributed by atoms with Crippen LogP contribution < -0.4 is 14.8 Å². The largest absolute Gasteiger partial charge is 0.493 e. The first-order chi connectivity index (χ1) is 12.0. The molecule has 1 N–H and O–H groups in total. The summed E-state index contributed by atoms with van der Waals surface area (Å²) in [6, 6.07) is 14.5. The van der Waals surface area contributed by atoms with Crippen LogP contribution in [-0.4, -0.2) is 19.1 Å². The molecule has 0 spiro atoms. The van der Waals surface area contributed by atoms with E-state index in [0.717, 1.165) is 11.3 Å². The summed E-state index contributed by atoms with van der Waals surface area (Å²) in [5.41, 5.74) is 2.06. The van der Waals surface area contributed by atoms with Crippen molar-refractivity contribution in [3.05, 3.63) is 66.2 Å². The molecule has 0 fully saturated rings. The Hall–Kier alpha value is -2.75. The van der Waals surface area contributed by atoms with Crippen molar-refractivity contribution in [1.82, 2.24) is 0 Å².